The number of halogens is 1. The van der Waals surface area contributed by atoms with Crippen molar-refractivity contribution in [1.29, 1.82) is 0 Å². The second-order valence-corrected chi connectivity index (χ2v) is 9.90. The lowest BCUT2D eigenvalue weighted by Gasteiger charge is -2.59. The summed E-state index contributed by atoms with van der Waals surface area (Å²) in [6.07, 6.45) is 9.91. The average Bonchev–Trinajstić information content (AvgIpc) is 3.11. The maximum absolute atomic E-state index is 13.1. The van der Waals surface area contributed by atoms with Crippen LogP contribution < -0.4 is 0 Å². The molecule has 5 heteroatoms. The van der Waals surface area contributed by atoms with Crippen molar-refractivity contribution in [3.8, 4) is 0 Å². The van der Waals surface area contributed by atoms with Crippen LogP contribution in [0.5, 0.6) is 0 Å². The fourth-order valence-electron chi connectivity index (χ4n) is 6.01. The number of hydrogen-bond donors (Lipinski definition) is 2. The summed E-state index contributed by atoms with van der Waals surface area (Å²) < 4.78 is 18.5. The molecule has 32 heavy (non-hydrogen) atoms. The highest BCUT2D eigenvalue weighted by Crippen LogP contribution is 2.61. The largest absolute Gasteiger partial charge is 0.423 e. The summed E-state index contributed by atoms with van der Waals surface area (Å²) in [5, 5.41) is 20.8. The van der Waals surface area contributed by atoms with Gasteiger partial charge in [0.15, 0.2) is 0 Å². The maximum atomic E-state index is 13.1. The van der Waals surface area contributed by atoms with Crippen LogP contribution in [0.1, 0.15) is 45.1 Å². The van der Waals surface area contributed by atoms with Crippen LogP contribution in [-0.2, 0) is 9.53 Å². The van der Waals surface area contributed by atoms with Gasteiger partial charge in [-0.15, -0.1) is 0 Å². The van der Waals surface area contributed by atoms with Gasteiger partial charge >= 0.3 is 5.97 Å². The summed E-state index contributed by atoms with van der Waals surface area (Å²) in [5.41, 5.74) is 1.62. The van der Waals surface area contributed by atoms with Crippen molar-refractivity contribution in [2.75, 3.05) is 6.61 Å². The molecule has 1 aromatic carbocycles. The minimum absolute atomic E-state index is 0.0402. The van der Waals surface area contributed by atoms with Gasteiger partial charge in [-0.25, -0.2) is 9.18 Å². The fourth-order valence-corrected chi connectivity index (χ4v) is 6.01. The Morgan fingerprint density at radius 1 is 1.25 bits per heavy atom. The molecule has 2 saturated carbocycles. The molecule has 1 aromatic rings. The van der Waals surface area contributed by atoms with E-state index in [1.807, 2.05) is 13.0 Å². The van der Waals surface area contributed by atoms with Crippen LogP contribution in [-0.4, -0.2) is 28.9 Å². The van der Waals surface area contributed by atoms with Crippen LogP contribution in [0.25, 0.3) is 6.08 Å². The summed E-state index contributed by atoms with van der Waals surface area (Å²) in [5.74, 6) is -0.124. The van der Waals surface area contributed by atoms with E-state index in [1.165, 1.54) is 12.1 Å². The van der Waals surface area contributed by atoms with E-state index in [1.54, 1.807) is 30.4 Å². The molecule has 0 radical (unpaired) electrons. The third kappa shape index (κ3) is 3.89. The summed E-state index contributed by atoms with van der Waals surface area (Å²) in [4.78, 5) is 12.4. The van der Waals surface area contributed by atoms with Gasteiger partial charge in [0, 0.05) is 11.3 Å². The number of ether oxygens (including phenoxy) is 1. The Balaban J connectivity index is 1.59. The summed E-state index contributed by atoms with van der Waals surface area (Å²) >= 11 is 0. The minimum atomic E-state index is -0.545. The molecule has 0 spiro atoms. The van der Waals surface area contributed by atoms with E-state index in [-0.39, 0.29) is 29.7 Å². The molecule has 2 aliphatic carbocycles. The zero-order chi connectivity index (χ0) is 23.1. The van der Waals surface area contributed by atoms with Crippen molar-refractivity contribution in [1.82, 2.24) is 0 Å². The first kappa shape index (κ1) is 22.7. The highest BCUT2D eigenvalue weighted by molar-refractivity contribution is 5.96. The number of rotatable bonds is 4. The Kier molecular flexibility index (Phi) is 5.99. The minimum Gasteiger partial charge on any atom is -0.423 e. The van der Waals surface area contributed by atoms with Gasteiger partial charge in [-0.2, -0.15) is 0 Å². The van der Waals surface area contributed by atoms with E-state index in [0.29, 0.717) is 17.8 Å². The normalized spacial score (nSPS) is 36.3. The second-order valence-electron chi connectivity index (χ2n) is 9.90. The third-order valence-corrected chi connectivity index (χ3v) is 7.95. The molecule has 3 aliphatic rings. The topological polar surface area (TPSA) is 66.8 Å². The molecule has 1 heterocycles. The van der Waals surface area contributed by atoms with Gasteiger partial charge in [-0.3, -0.25) is 0 Å². The Hall–Kier alpha value is -2.50. The van der Waals surface area contributed by atoms with E-state index in [0.717, 1.165) is 30.4 Å². The molecule has 4 rings (SSSR count). The predicted molar refractivity (Wildman–Crippen MR) is 122 cm³/mol. The first-order valence-electron chi connectivity index (χ1n) is 11.2. The molecule has 0 bridgehead atoms. The lowest BCUT2D eigenvalue weighted by atomic mass is 9.46. The molecule has 0 amide bonds. The molecule has 0 aromatic heterocycles. The van der Waals surface area contributed by atoms with E-state index in [9.17, 15) is 19.4 Å². The smallest absolute Gasteiger partial charge is 0.343 e. The van der Waals surface area contributed by atoms with Crippen LogP contribution >= 0.6 is 0 Å². The molecule has 4 nitrogen and oxygen atoms in total. The van der Waals surface area contributed by atoms with Gasteiger partial charge in [-0.05, 0) is 66.9 Å². The molecule has 170 valence electrons. The zero-order valence-electron chi connectivity index (χ0n) is 18.7. The number of carbonyl (C=O) groups excluding carboxylic acids is 1. The maximum Gasteiger partial charge on any atom is 0.343 e. The SMILES string of the molecule is C=C1CCC2[C@](C)(CO)[C@H](O)CC[C@@]2(C)[C@@H]1/C=C/C1=CC(=C\c2ccc(F)cc2)/OC1=O. The lowest BCUT2D eigenvalue weighted by molar-refractivity contribution is -0.145. The Morgan fingerprint density at radius 3 is 2.66 bits per heavy atom. The molecule has 1 aliphatic heterocycles. The quantitative estimate of drug-likeness (QED) is 0.516. The number of aliphatic hydroxyl groups excluding tert-OH is 2. The highest BCUT2D eigenvalue weighted by Gasteiger charge is 2.57. The molecule has 5 atom stereocenters. The molecular weight excluding hydrogens is 407 g/mol. The third-order valence-electron chi connectivity index (χ3n) is 7.95. The number of esters is 1. The first-order chi connectivity index (χ1) is 15.2. The van der Waals surface area contributed by atoms with Gasteiger partial charge in [0.2, 0.25) is 0 Å². The molecular formula is C27H31FO4. The fraction of sp³-hybridized carbons (Fsp3) is 0.444. The molecule has 0 saturated heterocycles. The van der Waals surface area contributed by atoms with Crippen molar-refractivity contribution in [3.63, 3.8) is 0 Å². The standard InChI is InChI=1S/C27H31FO4/c1-17-4-11-23-26(2,13-12-24(30)27(23,3)16-29)22(17)10-7-19-15-21(32-25(19)31)14-18-5-8-20(28)9-6-18/h5-10,14-15,22-24,29-30H,1,4,11-13,16H2,2-3H3/b10-7+,21-14+/t22-,23?,24-,26+,27+/m1/s1. The second kappa shape index (κ2) is 8.45. The van der Waals surface area contributed by atoms with E-state index in [4.69, 9.17) is 4.74 Å². The van der Waals surface area contributed by atoms with Crippen LogP contribution in [0, 0.1) is 28.5 Å². The predicted octanol–water partition coefficient (Wildman–Crippen LogP) is 4.95. The summed E-state index contributed by atoms with van der Waals surface area (Å²) in [6, 6.07) is 5.97. The lowest BCUT2D eigenvalue weighted by Crippen LogP contribution is -2.57. The van der Waals surface area contributed by atoms with Gasteiger partial charge < -0.3 is 14.9 Å². The number of benzene rings is 1. The molecule has 2 N–H and O–H groups in total. The van der Waals surface area contributed by atoms with Gasteiger partial charge in [-0.1, -0.05) is 50.3 Å². The average molecular weight is 439 g/mol. The number of allylic oxidation sites excluding steroid dienone is 3. The van der Waals surface area contributed by atoms with E-state index >= 15 is 0 Å². The van der Waals surface area contributed by atoms with Crippen molar-refractivity contribution >= 4 is 12.0 Å². The van der Waals surface area contributed by atoms with Crippen molar-refractivity contribution in [2.45, 2.75) is 45.6 Å². The van der Waals surface area contributed by atoms with Crippen molar-refractivity contribution < 1.29 is 24.1 Å². The Bertz CT molecular complexity index is 1000. The summed E-state index contributed by atoms with van der Waals surface area (Å²) in [7, 11) is 0. The number of fused-ring (bicyclic) bond motifs is 1. The number of cyclic esters (lactones) is 1. The van der Waals surface area contributed by atoms with Gasteiger partial charge in [0.05, 0.1) is 18.3 Å². The monoisotopic (exact) mass is 438 g/mol. The first-order valence-corrected chi connectivity index (χ1v) is 11.2. The van der Waals surface area contributed by atoms with Crippen molar-refractivity contribution in [2.24, 2.45) is 22.7 Å². The van der Waals surface area contributed by atoms with Gasteiger partial charge in [0.1, 0.15) is 11.6 Å². The zero-order valence-corrected chi connectivity index (χ0v) is 18.7. The number of carbonyl (C=O) groups is 1. The van der Waals surface area contributed by atoms with E-state index < -0.39 is 17.5 Å². The Labute approximate surface area is 188 Å². The number of aliphatic hydroxyl groups is 2. The van der Waals surface area contributed by atoms with Crippen LogP contribution in [0.15, 0.2) is 66.0 Å². The van der Waals surface area contributed by atoms with E-state index in [2.05, 4.69) is 13.5 Å². The van der Waals surface area contributed by atoms with Gasteiger partial charge in [0.25, 0.3) is 0 Å². The van der Waals surface area contributed by atoms with Crippen LogP contribution in [0.2, 0.25) is 0 Å². The molecule has 2 fully saturated rings. The van der Waals surface area contributed by atoms with Crippen LogP contribution in [0.4, 0.5) is 4.39 Å². The number of hydrogen-bond acceptors (Lipinski definition) is 4. The van der Waals surface area contributed by atoms with Crippen molar-refractivity contribution in [3.05, 3.63) is 77.4 Å². The van der Waals surface area contributed by atoms with Crippen LogP contribution in [0.3, 0.4) is 0 Å². The molecule has 1 unspecified atom stereocenters. The summed E-state index contributed by atoms with van der Waals surface area (Å²) in [6.45, 7) is 8.47. The highest BCUT2D eigenvalue weighted by atomic mass is 19.1. The Morgan fingerprint density at radius 2 is 1.97 bits per heavy atom.